The Balaban J connectivity index is 2.33. The van der Waals surface area contributed by atoms with E-state index in [0.29, 0.717) is 11.1 Å². The minimum atomic E-state index is -4.45. The number of alkyl halides is 3. The van der Waals surface area contributed by atoms with Crippen LogP contribution in [0.2, 0.25) is 0 Å². The topological polar surface area (TPSA) is 56.0 Å². The second kappa shape index (κ2) is 6.40. The lowest BCUT2D eigenvalue weighted by molar-refractivity contribution is -0.0328. The maximum absolute atomic E-state index is 12.9. The number of benzene rings is 2. The first-order valence-electron chi connectivity index (χ1n) is 7.32. The van der Waals surface area contributed by atoms with Crippen molar-refractivity contribution in [3.63, 3.8) is 0 Å². The van der Waals surface area contributed by atoms with E-state index < -0.39 is 11.4 Å². The van der Waals surface area contributed by atoms with Crippen LogP contribution in [0.5, 0.6) is 0 Å². The second-order valence-corrected chi connectivity index (χ2v) is 6.49. The molecule has 0 fully saturated rings. The van der Waals surface area contributed by atoms with Gasteiger partial charge in [-0.2, -0.15) is 13.2 Å². The van der Waals surface area contributed by atoms with Crippen molar-refractivity contribution < 1.29 is 18.0 Å². The molecular weight excluding hydrogens is 349 g/mol. The summed E-state index contributed by atoms with van der Waals surface area (Å²) in [6.07, 6.45) is 0. The normalized spacial score (nSPS) is 11.7. The molecule has 0 aliphatic carbocycles. The predicted molar refractivity (Wildman–Crippen MR) is 92.3 cm³/mol. The highest BCUT2D eigenvalue weighted by Gasteiger charge is 2.31. The van der Waals surface area contributed by atoms with Crippen LogP contribution in [-0.4, -0.2) is 16.4 Å². The number of nitrogens with zero attached hydrogens (tertiary/aromatic N) is 1. The molecule has 0 aliphatic heterocycles. The standard InChI is InChI=1S/C18H13F3N2OS/c1-10-11-6-2-4-8-13(11)23-16(15(10)17(22)24)12-7-3-5-9-14(12)25-18(19,20)21/h2-9H,1H3,(H2,22,24). The number of carbonyl (C=O) groups excluding carboxylic acids is 1. The number of pyridine rings is 1. The van der Waals surface area contributed by atoms with Crippen molar-refractivity contribution in [2.45, 2.75) is 17.3 Å². The third-order valence-corrected chi connectivity index (χ3v) is 4.57. The zero-order chi connectivity index (χ0) is 18.2. The number of aromatic nitrogens is 1. The van der Waals surface area contributed by atoms with Gasteiger partial charge in [-0.05, 0) is 36.4 Å². The Labute approximate surface area is 146 Å². The van der Waals surface area contributed by atoms with E-state index in [-0.39, 0.29) is 33.5 Å². The zero-order valence-corrected chi connectivity index (χ0v) is 13.9. The van der Waals surface area contributed by atoms with E-state index in [4.69, 9.17) is 5.73 Å². The number of carbonyl (C=O) groups is 1. The van der Waals surface area contributed by atoms with Gasteiger partial charge in [0.2, 0.25) is 0 Å². The van der Waals surface area contributed by atoms with Crippen molar-refractivity contribution in [1.29, 1.82) is 0 Å². The zero-order valence-electron chi connectivity index (χ0n) is 13.1. The summed E-state index contributed by atoms with van der Waals surface area (Å²) >= 11 is -0.238. The Morgan fingerprint density at radius 3 is 2.40 bits per heavy atom. The van der Waals surface area contributed by atoms with E-state index in [0.717, 1.165) is 5.39 Å². The molecular formula is C18H13F3N2OS. The Kier molecular flexibility index (Phi) is 4.43. The molecule has 2 aromatic carbocycles. The lowest BCUT2D eigenvalue weighted by atomic mass is 9.97. The molecule has 1 heterocycles. The van der Waals surface area contributed by atoms with Gasteiger partial charge < -0.3 is 5.73 Å². The minimum Gasteiger partial charge on any atom is -0.366 e. The lowest BCUT2D eigenvalue weighted by Crippen LogP contribution is -2.16. The molecule has 0 aliphatic rings. The van der Waals surface area contributed by atoms with Gasteiger partial charge in [-0.3, -0.25) is 4.79 Å². The van der Waals surface area contributed by atoms with Crippen LogP contribution < -0.4 is 5.73 Å². The molecule has 1 aromatic heterocycles. The monoisotopic (exact) mass is 362 g/mol. The molecule has 3 nitrogen and oxygen atoms in total. The average Bonchev–Trinajstić information content (AvgIpc) is 2.53. The molecule has 25 heavy (non-hydrogen) atoms. The fraction of sp³-hybridized carbons (Fsp3) is 0.111. The molecule has 3 rings (SSSR count). The number of para-hydroxylation sites is 1. The average molecular weight is 362 g/mol. The summed E-state index contributed by atoms with van der Waals surface area (Å²) in [6, 6.07) is 13.1. The summed E-state index contributed by atoms with van der Waals surface area (Å²) in [5, 5.41) is 0.737. The smallest absolute Gasteiger partial charge is 0.366 e. The molecule has 0 saturated carbocycles. The maximum atomic E-state index is 12.9. The Bertz CT molecular complexity index is 970. The van der Waals surface area contributed by atoms with Crippen LogP contribution in [0.3, 0.4) is 0 Å². The van der Waals surface area contributed by atoms with Gasteiger partial charge in [-0.1, -0.05) is 36.4 Å². The van der Waals surface area contributed by atoms with Crippen LogP contribution in [0.4, 0.5) is 13.2 Å². The molecule has 0 bridgehead atoms. The van der Waals surface area contributed by atoms with Crippen molar-refractivity contribution in [2.24, 2.45) is 5.73 Å². The number of hydrogen-bond donors (Lipinski definition) is 1. The molecule has 7 heteroatoms. The van der Waals surface area contributed by atoms with Gasteiger partial charge in [0.05, 0.1) is 16.8 Å². The van der Waals surface area contributed by atoms with Crippen molar-refractivity contribution in [1.82, 2.24) is 4.98 Å². The first kappa shape index (κ1) is 17.3. The summed E-state index contributed by atoms with van der Waals surface area (Å²) in [7, 11) is 0. The summed E-state index contributed by atoms with van der Waals surface area (Å²) in [6.45, 7) is 1.72. The van der Waals surface area contributed by atoms with Crippen molar-refractivity contribution in [2.75, 3.05) is 0 Å². The van der Waals surface area contributed by atoms with Crippen LogP contribution in [0.25, 0.3) is 22.2 Å². The number of primary amides is 1. The van der Waals surface area contributed by atoms with Crippen LogP contribution in [0.15, 0.2) is 53.4 Å². The number of amides is 1. The van der Waals surface area contributed by atoms with Gasteiger partial charge >= 0.3 is 5.51 Å². The molecule has 0 unspecified atom stereocenters. The highest BCUT2D eigenvalue weighted by molar-refractivity contribution is 8.00. The Morgan fingerprint density at radius 1 is 1.08 bits per heavy atom. The predicted octanol–water partition coefficient (Wildman–Crippen LogP) is 4.92. The minimum absolute atomic E-state index is 0.0281. The summed E-state index contributed by atoms with van der Waals surface area (Å²) in [5.74, 6) is -0.724. The summed E-state index contributed by atoms with van der Waals surface area (Å²) in [4.78, 5) is 16.4. The fourth-order valence-electron chi connectivity index (χ4n) is 2.75. The molecule has 0 radical (unpaired) electrons. The molecule has 0 atom stereocenters. The van der Waals surface area contributed by atoms with E-state index in [1.54, 1.807) is 37.3 Å². The second-order valence-electron chi connectivity index (χ2n) is 5.39. The van der Waals surface area contributed by atoms with Gasteiger partial charge in [0.25, 0.3) is 5.91 Å². The third-order valence-electron chi connectivity index (χ3n) is 3.77. The van der Waals surface area contributed by atoms with Gasteiger partial charge in [-0.15, -0.1) is 0 Å². The molecule has 0 spiro atoms. The van der Waals surface area contributed by atoms with Crippen molar-refractivity contribution in [3.05, 3.63) is 59.7 Å². The van der Waals surface area contributed by atoms with E-state index in [1.807, 2.05) is 0 Å². The molecule has 1 amide bonds. The number of thioether (sulfide) groups is 1. The molecule has 128 valence electrons. The van der Waals surface area contributed by atoms with E-state index in [9.17, 15) is 18.0 Å². The summed E-state index contributed by atoms with van der Waals surface area (Å²) in [5.41, 5.74) is 2.78. The van der Waals surface area contributed by atoms with Gasteiger partial charge in [0, 0.05) is 15.8 Å². The highest BCUT2D eigenvalue weighted by atomic mass is 32.2. The van der Waals surface area contributed by atoms with Gasteiger partial charge in [0.15, 0.2) is 0 Å². The van der Waals surface area contributed by atoms with Crippen molar-refractivity contribution >= 4 is 28.6 Å². The van der Waals surface area contributed by atoms with Gasteiger partial charge in [-0.25, -0.2) is 4.98 Å². The number of nitrogens with two attached hydrogens (primary N) is 1. The highest BCUT2D eigenvalue weighted by Crippen LogP contribution is 2.42. The first-order chi connectivity index (χ1) is 11.8. The summed E-state index contributed by atoms with van der Waals surface area (Å²) < 4.78 is 38.6. The van der Waals surface area contributed by atoms with Crippen LogP contribution in [0.1, 0.15) is 15.9 Å². The lowest BCUT2D eigenvalue weighted by Gasteiger charge is -2.15. The fourth-order valence-corrected chi connectivity index (χ4v) is 3.42. The maximum Gasteiger partial charge on any atom is 0.446 e. The third kappa shape index (κ3) is 3.46. The van der Waals surface area contributed by atoms with E-state index >= 15 is 0 Å². The van der Waals surface area contributed by atoms with Crippen LogP contribution in [-0.2, 0) is 0 Å². The van der Waals surface area contributed by atoms with Crippen LogP contribution in [0, 0.1) is 6.92 Å². The molecule has 3 aromatic rings. The van der Waals surface area contributed by atoms with E-state index in [1.165, 1.54) is 18.2 Å². The number of aryl methyl sites for hydroxylation is 1. The number of rotatable bonds is 3. The largest absolute Gasteiger partial charge is 0.446 e. The molecule has 2 N–H and O–H groups in total. The van der Waals surface area contributed by atoms with Crippen LogP contribution >= 0.6 is 11.8 Å². The Hall–Kier alpha value is -2.54. The first-order valence-corrected chi connectivity index (χ1v) is 8.14. The quantitative estimate of drug-likeness (QED) is 0.673. The molecule has 0 saturated heterocycles. The number of hydrogen-bond acceptors (Lipinski definition) is 3. The Morgan fingerprint density at radius 2 is 1.72 bits per heavy atom. The van der Waals surface area contributed by atoms with Crippen molar-refractivity contribution in [3.8, 4) is 11.3 Å². The number of halogens is 3. The SMILES string of the molecule is Cc1c(C(N)=O)c(-c2ccccc2SC(F)(F)F)nc2ccccc12. The van der Waals surface area contributed by atoms with Gasteiger partial charge in [0.1, 0.15) is 0 Å². The number of fused-ring (bicyclic) bond motifs is 1. The van der Waals surface area contributed by atoms with E-state index in [2.05, 4.69) is 4.98 Å².